The number of amides is 1. The number of imidazole rings is 1. The van der Waals surface area contributed by atoms with Crippen molar-refractivity contribution < 1.29 is 4.79 Å². The number of likely N-dealkylation sites (tertiary alicyclic amines) is 1. The van der Waals surface area contributed by atoms with Crippen LogP contribution in [0.1, 0.15) is 44.2 Å². The van der Waals surface area contributed by atoms with Gasteiger partial charge in [0.25, 0.3) is 0 Å². The van der Waals surface area contributed by atoms with E-state index in [0.717, 1.165) is 36.2 Å². The van der Waals surface area contributed by atoms with Crippen molar-refractivity contribution in [2.45, 2.75) is 50.4 Å². The summed E-state index contributed by atoms with van der Waals surface area (Å²) < 4.78 is 0. The highest BCUT2D eigenvalue weighted by Gasteiger charge is 2.29. The molecule has 0 aliphatic carbocycles. The SMILES string of the molecule is CC(SCC(=O)N1CCCCC1C(C)N)c1nc2ccccc2[nH]1.Cl. The number of nitrogens with zero attached hydrogens (tertiary/aromatic N) is 2. The number of hydrogen-bond acceptors (Lipinski definition) is 4. The Morgan fingerprint density at radius 1 is 1.40 bits per heavy atom. The minimum Gasteiger partial charge on any atom is -0.341 e. The summed E-state index contributed by atoms with van der Waals surface area (Å²) in [5, 5.41) is 0.153. The summed E-state index contributed by atoms with van der Waals surface area (Å²) in [6.45, 7) is 4.93. The zero-order chi connectivity index (χ0) is 17.1. The molecule has 138 valence electrons. The fourth-order valence-electron chi connectivity index (χ4n) is 3.34. The van der Waals surface area contributed by atoms with E-state index in [2.05, 4.69) is 16.9 Å². The summed E-state index contributed by atoms with van der Waals surface area (Å²) in [5.41, 5.74) is 8.08. The summed E-state index contributed by atoms with van der Waals surface area (Å²) in [6.07, 6.45) is 3.27. The van der Waals surface area contributed by atoms with Crippen molar-refractivity contribution in [1.29, 1.82) is 0 Å². The number of fused-ring (bicyclic) bond motifs is 1. The number of nitrogens with two attached hydrogens (primary N) is 1. The number of carbonyl (C=O) groups excluding carboxylic acids is 1. The molecule has 1 aromatic carbocycles. The number of thioether (sulfide) groups is 1. The number of piperidine rings is 1. The van der Waals surface area contributed by atoms with E-state index >= 15 is 0 Å². The molecule has 1 aliphatic heterocycles. The van der Waals surface area contributed by atoms with E-state index in [9.17, 15) is 4.79 Å². The second-order valence-corrected chi connectivity index (χ2v) is 7.93. The van der Waals surface area contributed by atoms with E-state index in [-0.39, 0.29) is 35.6 Å². The van der Waals surface area contributed by atoms with Crippen LogP contribution in [-0.2, 0) is 4.79 Å². The number of H-pyrrole nitrogens is 1. The summed E-state index contributed by atoms with van der Waals surface area (Å²) in [4.78, 5) is 22.6. The van der Waals surface area contributed by atoms with Gasteiger partial charge < -0.3 is 15.6 Å². The van der Waals surface area contributed by atoms with Gasteiger partial charge >= 0.3 is 0 Å². The van der Waals surface area contributed by atoms with Crippen LogP contribution in [0.5, 0.6) is 0 Å². The maximum absolute atomic E-state index is 12.6. The number of para-hydroxylation sites is 2. The highest BCUT2D eigenvalue weighted by molar-refractivity contribution is 8.00. The smallest absolute Gasteiger partial charge is 0.232 e. The first-order valence-corrected chi connectivity index (χ1v) is 9.72. The number of nitrogens with one attached hydrogen (secondary N) is 1. The van der Waals surface area contributed by atoms with Gasteiger partial charge in [0.1, 0.15) is 5.82 Å². The largest absolute Gasteiger partial charge is 0.341 e. The predicted molar refractivity (Wildman–Crippen MR) is 107 cm³/mol. The van der Waals surface area contributed by atoms with Crippen molar-refractivity contribution in [3.8, 4) is 0 Å². The highest BCUT2D eigenvalue weighted by Crippen LogP contribution is 2.29. The van der Waals surface area contributed by atoms with Gasteiger partial charge in [0.2, 0.25) is 5.91 Å². The van der Waals surface area contributed by atoms with Crippen LogP contribution in [0.3, 0.4) is 0 Å². The molecule has 1 aliphatic rings. The van der Waals surface area contributed by atoms with E-state index in [4.69, 9.17) is 5.73 Å². The van der Waals surface area contributed by atoms with Gasteiger partial charge in [-0.3, -0.25) is 4.79 Å². The number of benzene rings is 1. The fourth-order valence-corrected chi connectivity index (χ4v) is 4.16. The van der Waals surface area contributed by atoms with Gasteiger partial charge in [-0.05, 0) is 45.2 Å². The first-order chi connectivity index (χ1) is 11.6. The zero-order valence-electron chi connectivity index (χ0n) is 14.8. The molecule has 3 N–H and O–H groups in total. The topological polar surface area (TPSA) is 75.0 Å². The van der Waals surface area contributed by atoms with Crippen molar-refractivity contribution in [3.63, 3.8) is 0 Å². The minimum absolute atomic E-state index is 0. The molecule has 1 fully saturated rings. The summed E-state index contributed by atoms with van der Waals surface area (Å²) in [7, 11) is 0. The van der Waals surface area contributed by atoms with Crippen molar-refractivity contribution in [2.75, 3.05) is 12.3 Å². The van der Waals surface area contributed by atoms with Crippen LogP contribution in [0.25, 0.3) is 11.0 Å². The number of aromatic nitrogens is 2. The molecule has 0 saturated carbocycles. The second-order valence-electron chi connectivity index (χ2n) is 6.60. The molecule has 0 bridgehead atoms. The van der Waals surface area contributed by atoms with Crippen molar-refractivity contribution in [2.24, 2.45) is 5.73 Å². The first kappa shape index (κ1) is 20.1. The third-order valence-corrected chi connectivity index (χ3v) is 5.86. The maximum Gasteiger partial charge on any atom is 0.232 e. The average Bonchev–Trinajstić information content (AvgIpc) is 3.03. The third-order valence-electron chi connectivity index (χ3n) is 4.73. The average molecular weight is 383 g/mol. The Kier molecular flexibility index (Phi) is 7.16. The summed E-state index contributed by atoms with van der Waals surface area (Å²) in [6, 6.07) is 8.23. The third kappa shape index (κ3) is 4.68. The van der Waals surface area contributed by atoms with Crippen molar-refractivity contribution >= 4 is 41.1 Å². The lowest BCUT2D eigenvalue weighted by molar-refractivity contribution is -0.132. The van der Waals surface area contributed by atoms with Gasteiger partial charge in [0.15, 0.2) is 0 Å². The Morgan fingerprint density at radius 2 is 2.16 bits per heavy atom. The van der Waals surface area contributed by atoms with E-state index in [1.165, 1.54) is 6.42 Å². The van der Waals surface area contributed by atoms with Crippen molar-refractivity contribution in [3.05, 3.63) is 30.1 Å². The van der Waals surface area contributed by atoms with Gasteiger partial charge in [-0.25, -0.2) is 4.98 Å². The van der Waals surface area contributed by atoms with E-state index in [0.29, 0.717) is 5.75 Å². The minimum atomic E-state index is 0. The predicted octanol–water partition coefficient (Wildman–Crippen LogP) is 3.51. The molecule has 0 radical (unpaired) electrons. The Morgan fingerprint density at radius 3 is 2.88 bits per heavy atom. The molecule has 1 aromatic heterocycles. The standard InChI is InChI=1S/C18H26N4OS.ClH/c1-12(19)16-9-5-6-10-22(16)17(23)11-24-13(2)18-20-14-7-3-4-8-15(14)21-18;/h3-4,7-8,12-13,16H,5-6,9-11,19H2,1-2H3,(H,20,21);1H. The van der Waals surface area contributed by atoms with E-state index in [1.54, 1.807) is 11.8 Å². The van der Waals surface area contributed by atoms with Gasteiger partial charge in [0.05, 0.1) is 22.0 Å². The molecule has 1 saturated heterocycles. The maximum atomic E-state index is 12.6. The van der Waals surface area contributed by atoms with Crippen LogP contribution >= 0.6 is 24.2 Å². The lowest BCUT2D eigenvalue weighted by Gasteiger charge is -2.38. The molecule has 25 heavy (non-hydrogen) atoms. The molecular formula is C18H27ClN4OS. The molecule has 3 atom stereocenters. The lowest BCUT2D eigenvalue weighted by atomic mass is 9.97. The summed E-state index contributed by atoms with van der Waals surface area (Å²) in [5.74, 6) is 1.60. The monoisotopic (exact) mass is 382 g/mol. The quantitative estimate of drug-likeness (QED) is 0.829. The normalized spacial score (nSPS) is 20.1. The first-order valence-electron chi connectivity index (χ1n) is 8.67. The van der Waals surface area contributed by atoms with Gasteiger partial charge in [-0.15, -0.1) is 24.2 Å². The number of hydrogen-bond donors (Lipinski definition) is 2. The molecule has 5 nitrogen and oxygen atoms in total. The summed E-state index contributed by atoms with van der Waals surface area (Å²) >= 11 is 1.63. The fraction of sp³-hybridized carbons (Fsp3) is 0.556. The molecule has 3 unspecified atom stereocenters. The molecule has 0 spiro atoms. The van der Waals surface area contributed by atoms with Crippen LogP contribution in [0, 0.1) is 0 Å². The van der Waals surface area contributed by atoms with Gasteiger partial charge in [0, 0.05) is 18.6 Å². The highest BCUT2D eigenvalue weighted by atomic mass is 35.5. The van der Waals surface area contributed by atoms with Crippen LogP contribution in [0.15, 0.2) is 24.3 Å². The Bertz CT molecular complexity index is 672. The lowest BCUT2D eigenvalue weighted by Crippen LogP contribution is -2.52. The van der Waals surface area contributed by atoms with Gasteiger partial charge in [-0.1, -0.05) is 12.1 Å². The van der Waals surface area contributed by atoms with Crippen LogP contribution in [-0.4, -0.2) is 45.2 Å². The number of halogens is 1. The Hall–Kier alpha value is -1.24. The van der Waals surface area contributed by atoms with Crippen molar-refractivity contribution in [1.82, 2.24) is 14.9 Å². The molecular weight excluding hydrogens is 356 g/mol. The van der Waals surface area contributed by atoms with Crippen LogP contribution in [0.2, 0.25) is 0 Å². The molecule has 3 rings (SSSR count). The molecule has 7 heteroatoms. The molecule has 2 aromatic rings. The number of aromatic amines is 1. The van der Waals surface area contributed by atoms with Crippen LogP contribution in [0.4, 0.5) is 0 Å². The number of carbonyl (C=O) groups is 1. The van der Waals surface area contributed by atoms with E-state index < -0.39 is 0 Å². The number of rotatable bonds is 5. The molecule has 1 amide bonds. The van der Waals surface area contributed by atoms with E-state index in [1.807, 2.05) is 36.1 Å². The Balaban J connectivity index is 0.00000225. The second kappa shape index (κ2) is 8.92. The zero-order valence-corrected chi connectivity index (χ0v) is 16.4. The van der Waals surface area contributed by atoms with Crippen LogP contribution < -0.4 is 5.73 Å². The molecule has 2 heterocycles. The van der Waals surface area contributed by atoms with Gasteiger partial charge in [-0.2, -0.15) is 0 Å². The Labute approximate surface area is 159 Å².